The van der Waals surface area contributed by atoms with Gasteiger partial charge in [0.05, 0.1) is 18.6 Å². The van der Waals surface area contributed by atoms with Gasteiger partial charge in [0, 0.05) is 28.0 Å². The summed E-state index contributed by atoms with van der Waals surface area (Å²) in [7, 11) is 0. The van der Waals surface area contributed by atoms with E-state index in [1.807, 2.05) is 72.6 Å². The summed E-state index contributed by atoms with van der Waals surface area (Å²) in [6, 6.07) is 27.5. The normalized spacial score (nSPS) is 23.0. The second-order valence-corrected chi connectivity index (χ2v) is 11.6. The Labute approximate surface area is 254 Å². The number of carbonyl (C=O) groups excluding carboxylic acids is 3. The molecule has 1 spiro atoms. The Balaban J connectivity index is 1.47. The highest BCUT2D eigenvalue weighted by Gasteiger charge is 2.70. The number of carbonyl (C=O) groups is 3. The van der Waals surface area contributed by atoms with Crippen molar-refractivity contribution in [2.45, 2.75) is 30.8 Å². The number of amides is 1. The van der Waals surface area contributed by atoms with Crippen LogP contribution in [0.4, 0.5) is 5.69 Å². The van der Waals surface area contributed by atoms with Gasteiger partial charge < -0.3 is 15.0 Å². The molecule has 0 bridgehead atoms. The maximum absolute atomic E-state index is 14.9. The quantitative estimate of drug-likeness (QED) is 0.233. The molecule has 1 amide bonds. The predicted octanol–water partition coefficient (Wildman–Crippen LogP) is 7.11. The number of para-hydroxylation sites is 1. The number of anilines is 1. The van der Waals surface area contributed by atoms with Crippen LogP contribution in [0.2, 0.25) is 5.02 Å². The second kappa shape index (κ2) is 10.5. The Morgan fingerprint density at radius 1 is 0.884 bits per heavy atom. The third-order valence-electron chi connectivity index (χ3n) is 8.86. The predicted molar refractivity (Wildman–Crippen MR) is 166 cm³/mol. The largest absolute Gasteiger partial charge is 0.494 e. The fraction of sp³-hybridized carbons (Fsp3) is 0.194. The average molecular weight is 589 g/mol. The molecule has 1 fully saturated rings. The van der Waals surface area contributed by atoms with Crippen LogP contribution in [-0.4, -0.2) is 35.0 Å². The van der Waals surface area contributed by atoms with Gasteiger partial charge in [0.1, 0.15) is 17.2 Å². The maximum atomic E-state index is 14.9. The van der Waals surface area contributed by atoms with Gasteiger partial charge in [-0.2, -0.15) is 0 Å². The van der Waals surface area contributed by atoms with Crippen LogP contribution in [0.1, 0.15) is 56.8 Å². The van der Waals surface area contributed by atoms with Crippen molar-refractivity contribution in [1.29, 1.82) is 0 Å². The van der Waals surface area contributed by atoms with E-state index in [4.69, 9.17) is 16.3 Å². The molecule has 4 aromatic rings. The minimum atomic E-state index is -1.38. The molecular formula is C36H29ClN2O4. The van der Waals surface area contributed by atoms with Crippen LogP contribution >= 0.6 is 11.6 Å². The van der Waals surface area contributed by atoms with E-state index in [1.165, 1.54) is 0 Å². The number of fused-ring (bicyclic) bond motifs is 6. The summed E-state index contributed by atoms with van der Waals surface area (Å²) in [5.74, 6) is -1.20. The van der Waals surface area contributed by atoms with Gasteiger partial charge >= 0.3 is 0 Å². The molecule has 6 nitrogen and oxygen atoms in total. The van der Waals surface area contributed by atoms with Crippen LogP contribution in [0.25, 0.3) is 6.08 Å². The summed E-state index contributed by atoms with van der Waals surface area (Å²) < 4.78 is 5.76. The van der Waals surface area contributed by atoms with Crippen molar-refractivity contribution in [2.24, 2.45) is 5.92 Å². The van der Waals surface area contributed by atoms with E-state index >= 15 is 0 Å². The van der Waals surface area contributed by atoms with Crippen molar-refractivity contribution in [2.75, 3.05) is 11.9 Å². The number of ketones is 2. The Morgan fingerprint density at radius 2 is 1.56 bits per heavy atom. The topological polar surface area (TPSA) is 75.7 Å². The summed E-state index contributed by atoms with van der Waals surface area (Å²) in [6.07, 6.45) is 4.68. The van der Waals surface area contributed by atoms with E-state index in [0.717, 1.165) is 17.5 Å². The number of ether oxygens (including phenoxy) is 1. The molecule has 3 heterocycles. The number of nitrogens with one attached hydrogen (secondary N) is 1. The van der Waals surface area contributed by atoms with E-state index in [2.05, 4.69) is 5.32 Å². The summed E-state index contributed by atoms with van der Waals surface area (Å²) >= 11 is 6.17. The van der Waals surface area contributed by atoms with Crippen molar-refractivity contribution < 1.29 is 19.1 Å². The molecule has 1 N–H and O–H groups in total. The van der Waals surface area contributed by atoms with Crippen LogP contribution in [0.3, 0.4) is 0 Å². The lowest BCUT2D eigenvalue weighted by Gasteiger charge is -2.38. The van der Waals surface area contributed by atoms with Crippen molar-refractivity contribution in [3.63, 3.8) is 0 Å². The molecule has 0 saturated carbocycles. The second-order valence-electron chi connectivity index (χ2n) is 11.2. The summed E-state index contributed by atoms with van der Waals surface area (Å²) in [4.78, 5) is 45.9. The number of nitrogens with zero attached hydrogens (tertiary/aromatic N) is 1. The highest BCUT2D eigenvalue weighted by Crippen LogP contribution is 2.62. The molecule has 3 aliphatic rings. The van der Waals surface area contributed by atoms with Gasteiger partial charge in [-0.25, -0.2) is 0 Å². The van der Waals surface area contributed by atoms with Crippen LogP contribution < -0.4 is 10.1 Å². The molecule has 0 unspecified atom stereocenters. The SMILES string of the molecule is CCCOc1ccc(C(=O)[C@@H]2[C@H](C(=O)c3ccc(Cl)cc3)N3C=Cc4ccccc4[C@@H]3[C@@]23C(=O)Nc2ccccc23)cc1. The number of halogens is 1. The Kier molecular flexibility index (Phi) is 6.66. The number of Topliss-reactive ketones (excluding diaryl/α,β-unsaturated/α-hetero) is 2. The fourth-order valence-electron chi connectivity index (χ4n) is 7.07. The van der Waals surface area contributed by atoms with Crippen molar-refractivity contribution in [3.05, 3.63) is 136 Å². The molecular weight excluding hydrogens is 560 g/mol. The van der Waals surface area contributed by atoms with E-state index in [-0.39, 0.29) is 17.5 Å². The molecule has 0 aromatic heterocycles. The van der Waals surface area contributed by atoms with E-state index in [0.29, 0.717) is 39.8 Å². The van der Waals surface area contributed by atoms with Crippen LogP contribution in [0.15, 0.2) is 103 Å². The molecule has 0 aliphatic carbocycles. The average Bonchev–Trinajstić information content (AvgIpc) is 3.52. The third kappa shape index (κ3) is 4.12. The summed E-state index contributed by atoms with van der Waals surface area (Å²) in [5.41, 5.74) is 2.67. The molecule has 3 aliphatic heterocycles. The van der Waals surface area contributed by atoms with E-state index < -0.39 is 23.4 Å². The first-order valence-corrected chi connectivity index (χ1v) is 14.8. The molecule has 1 saturated heterocycles. The summed E-state index contributed by atoms with van der Waals surface area (Å²) in [6.45, 7) is 2.59. The Morgan fingerprint density at radius 3 is 2.33 bits per heavy atom. The number of hydrogen-bond donors (Lipinski definition) is 1. The number of hydrogen-bond acceptors (Lipinski definition) is 5. The van der Waals surface area contributed by atoms with Crippen molar-refractivity contribution >= 4 is 40.8 Å². The molecule has 214 valence electrons. The van der Waals surface area contributed by atoms with E-state index in [1.54, 1.807) is 48.5 Å². The lowest BCUT2D eigenvalue weighted by atomic mass is 9.62. The fourth-order valence-corrected chi connectivity index (χ4v) is 7.19. The zero-order valence-corrected chi connectivity index (χ0v) is 24.3. The lowest BCUT2D eigenvalue weighted by Crippen LogP contribution is -2.49. The maximum Gasteiger partial charge on any atom is 0.238 e. The van der Waals surface area contributed by atoms with E-state index in [9.17, 15) is 14.4 Å². The monoisotopic (exact) mass is 588 g/mol. The van der Waals surface area contributed by atoms with Crippen molar-refractivity contribution in [3.8, 4) is 5.75 Å². The standard InChI is InChI=1S/C36H29ClN2O4/c1-2-21-43-26-17-13-23(14-18-26)32(40)30-31(33(41)24-11-15-25(37)16-12-24)39-20-19-22-7-3-4-8-27(22)34(39)36(30)28-9-5-6-10-29(28)38-35(36)42/h3-20,30-31,34H,2,21H2,1H3,(H,38,42)/t30-,31+,34+,36-/m0/s1. The highest BCUT2D eigenvalue weighted by molar-refractivity contribution is 6.30. The molecule has 43 heavy (non-hydrogen) atoms. The Hall–Kier alpha value is -4.68. The molecule has 4 aromatic carbocycles. The first-order chi connectivity index (χ1) is 20.9. The van der Waals surface area contributed by atoms with Gasteiger partial charge in [0.15, 0.2) is 11.6 Å². The smallest absolute Gasteiger partial charge is 0.238 e. The first-order valence-electron chi connectivity index (χ1n) is 14.5. The molecule has 4 atom stereocenters. The minimum absolute atomic E-state index is 0.249. The third-order valence-corrected chi connectivity index (χ3v) is 9.11. The van der Waals surface area contributed by atoms with Crippen LogP contribution in [0, 0.1) is 5.92 Å². The number of benzene rings is 4. The van der Waals surface area contributed by atoms with Gasteiger partial charge in [-0.1, -0.05) is 61.0 Å². The Bertz CT molecular complexity index is 1780. The zero-order valence-electron chi connectivity index (χ0n) is 23.5. The van der Waals surface area contributed by atoms with Gasteiger partial charge in [-0.05, 0) is 83.8 Å². The highest BCUT2D eigenvalue weighted by atomic mass is 35.5. The molecule has 7 rings (SSSR count). The lowest BCUT2D eigenvalue weighted by molar-refractivity contribution is -0.122. The van der Waals surface area contributed by atoms with Gasteiger partial charge in [-0.15, -0.1) is 0 Å². The number of rotatable bonds is 7. The first kappa shape index (κ1) is 27.2. The zero-order chi connectivity index (χ0) is 29.7. The van der Waals surface area contributed by atoms with Crippen LogP contribution in [-0.2, 0) is 10.2 Å². The molecule has 0 radical (unpaired) electrons. The van der Waals surface area contributed by atoms with Crippen LogP contribution in [0.5, 0.6) is 5.75 Å². The molecule has 7 heteroatoms. The van der Waals surface area contributed by atoms with Crippen molar-refractivity contribution in [1.82, 2.24) is 4.90 Å². The minimum Gasteiger partial charge on any atom is -0.494 e. The van der Waals surface area contributed by atoms with Gasteiger partial charge in [0.25, 0.3) is 0 Å². The van der Waals surface area contributed by atoms with Gasteiger partial charge in [-0.3, -0.25) is 14.4 Å². The summed E-state index contributed by atoms with van der Waals surface area (Å²) in [5, 5.41) is 3.58. The van der Waals surface area contributed by atoms with Gasteiger partial charge in [0.2, 0.25) is 5.91 Å².